The number of aromatic nitrogens is 4. The van der Waals surface area contributed by atoms with Gasteiger partial charge in [0.25, 0.3) is 0 Å². The largest absolute Gasteiger partial charge is 0.301 e. The third kappa shape index (κ3) is 5.11. The van der Waals surface area contributed by atoms with Gasteiger partial charge in [0.2, 0.25) is 5.91 Å². The molecular formula is C23H25N5OS3. The highest BCUT2D eigenvalue weighted by atomic mass is 32.2. The maximum absolute atomic E-state index is 12.5. The fourth-order valence-corrected chi connectivity index (χ4v) is 5.68. The number of amides is 1. The molecule has 0 bridgehead atoms. The second-order valence-corrected chi connectivity index (χ2v) is 10.6. The van der Waals surface area contributed by atoms with E-state index in [0.29, 0.717) is 11.0 Å². The van der Waals surface area contributed by atoms with Crippen molar-refractivity contribution in [1.29, 1.82) is 0 Å². The Labute approximate surface area is 200 Å². The highest BCUT2D eigenvalue weighted by molar-refractivity contribution is 7.99. The summed E-state index contributed by atoms with van der Waals surface area (Å²) in [5.41, 5.74) is 2.97. The molecule has 0 spiro atoms. The van der Waals surface area contributed by atoms with Crippen LogP contribution in [0.15, 0.2) is 52.3 Å². The molecule has 0 fully saturated rings. The number of hydrogen-bond acceptors (Lipinski definition) is 7. The number of nitrogens with zero attached hydrogens (tertiary/aromatic N) is 4. The number of carbonyl (C=O) groups excluding carboxylic acids is 1. The molecule has 166 valence electrons. The molecule has 3 aromatic heterocycles. The molecule has 0 atom stereocenters. The zero-order valence-corrected chi connectivity index (χ0v) is 20.9. The van der Waals surface area contributed by atoms with Gasteiger partial charge in [-0.15, -0.1) is 32.9 Å². The van der Waals surface area contributed by atoms with Crippen LogP contribution >= 0.6 is 34.4 Å². The Morgan fingerprint density at radius 1 is 1.06 bits per heavy atom. The average molecular weight is 484 g/mol. The van der Waals surface area contributed by atoms with E-state index >= 15 is 0 Å². The average Bonchev–Trinajstić information content (AvgIpc) is 3.51. The van der Waals surface area contributed by atoms with Gasteiger partial charge in [-0.1, -0.05) is 55.9 Å². The van der Waals surface area contributed by atoms with Crippen LogP contribution in [0.25, 0.3) is 22.6 Å². The number of carbonyl (C=O) groups is 1. The molecule has 0 saturated heterocycles. The molecule has 0 aliphatic carbocycles. The SMILES string of the molecule is CC(C)c1cc(-c2nnc(SCC(=O)Nc3nc(-c4ccccc4)cs3)n2C(C)C)cs1. The van der Waals surface area contributed by atoms with Crippen LogP contribution in [0.5, 0.6) is 0 Å². The summed E-state index contributed by atoms with van der Waals surface area (Å²) >= 11 is 4.56. The lowest BCUT2D eigenvalue weighted by Crippen LogP contribution is -2.15. The smallest absolute Gasteiger partial charge is 0.236 e. The first-order valence-electron chi connectivity index (χ1n) is 10.4. The van der Waals surface area contributed by atoms with Crippen molar-refractivity contribution in [3.8, 4) is 22.6 Å². The van der Waals surface area contributed by atoms with Gasteiger partial charge in [0.05, 0.1) is 11.4 Å². The van der Waals surface area contributed by atoms with Gasteiger partial charge in [-0.05, 0) is 25.8 Å². The van der Waals surface area contributed by atoms with E-state index in [-0.39, 0.29) is 17.7 Å². The Kier molecular flexibility index (Phi) is 7.07. The summed E-state index contributed by atoms with van der Waals surface area (Å²) < 4.78 is 2.10. The van der Waals surface area contributed by atoms with Gasteiger partial charge >= 0.3 is 0 Å². The van der Waals surface area contributed by atoms with Crippen LogP contribution in [-0.2, 0) is 4.79 Å². The number of anilines is 1. The lowest BCUT2D eigenvalue weighted by atomic mass is 10.1. The van der Waals surface area contributed by atoms with Crippen LogP contribution in [0, 0.1) is 0 Å². The van der Waals surface area contributed by atoms with E-state index in [4.69, 9.17) is 0 Å². The maximum Gasteiger partial charge on any atom is 0.236 e. The third-order valence-electron chi connectivity index (χ3n) is 4.78. The summed E-state index contributed by atoms with van der Waals surface area (Å²) in [7, 11) is 0. The molecule has 1 aromatic carbocycles. The van der Waals surface area contributed by atoms with E-state index in [1.165, 1.54) is 28.0 Å². The molecule has 9 heteroatoms. The van der Waals surface area contributed by atoms with Crippen LogP contribution < -0.4 is 5.32 Å². The van der Waals surface area contributed by atoms with Crippen LogP contribution in [0.1, 0.15) is 44.5 Å². The summed E-state index contributed by atoms with van der Waals surface area (Å²) in [6, 6.07) is 12.3. The molecule has 0 radical (unpaired) electrons. The highest BCUT2D eigenvalue weighted by Gasteiger charge is 2.19. The minimum Gasteiger partial charge on any atom is -0.301 e. The molecule has 4 rings (SSSR count). The predicted molar refractivity (Wildman–Crippen MR) is 135 cm³/mol. The monoisotopic (exact) mass is 483 g/mol. The third-order valence-corrected chi connectivity index (χ3v) is 7.71. The minimum atomic E-state index is -0.110. The van der Waals surface area contributed by atoms with Crippen molar-refractivity contribution in [2.24, 2.45) is 0 Å². The Morgan fingerprint density at radius 3 is 2.53 bits per heavy atom. The van der Waals surface area contributed by atoms with Gasteiger partial charge in [0, 0.05) is 32.8 Å². The molecule has 0 unspecified atom stereocenters. The first-order chi connectivity index (χ1) is 15.4. The zero-order chi connectivity index (χ0) is 22.7. The van der Waals surface area contributed by atoms with Crippen LogP contribution in [0.4, 0.5) is 5.13 Å². The summed E-state index contributed by atoms with van der Waals surface area (Å²) in [6.45, 7) is 8.59. The minimum absolute atomic E-state index is 0.110. The predicted octanol–water partition coefficient (Wildman–Crippen LogP) is 6.57. The van der Waals surface area contributed by atoms with Crippen molar-refractivity contribution in [1.82, 2.24) is 19.7 Å². The topological polar surface area (TPSA) is 72.7 Å². The van der Waals surface area contributed by atoms with Crippen LogP contribution in [-0.4, -0.2) is 31.4 Å². The van der Waals surface area contributed by atoms with E-state index in [1.807, 2.05) is 35.7 Å². The number of nitrogens with one attached hydrogen (secondary N) is 1. The van der Waals surface area contributed by atoms with Gasteiger partial charge in [0.1, 0.15) is 0 Å². The van der Waals surface area contributed by atoms with E-state index < -0.39 is 0 Å². The molecule has 0 saturated carbocycles. The Bertz CT molecular complexity index is 1190. The Hall–Kier alpha value is -2.49. The van der Waals surface area contributed by atoms with Crippen LogP contribution in [0.3, 0.4) is 0 Å². The summed E-state index contributed by atoms with van der Waals surface area (Å²) in [4.78, 5) is 18.4. The van der Waals surface area contributed by atoms with Crippen molar-refractivity contribution in [3.05, 3.63) is 52.0 Å². The molecule has 4 aromatic rings. The standard InChI is InChI=1S/C23H25N5OS3/c1-14(2)19-10-17(11-30-19)21-26-27-23(28(21)15(3)4)32-13-20(29)25-22-24-18(12-31-22)16-8-6-5-7-9-16/h5-12,14-15H,13H2,1-4H3,(H,24,25,29). The maximum atomic E-state index is 12.5. The fraction of sp³-hybridized carbons (Fsp3) is 0.304. The Morgan fingerprint density at radius 2 is 1.84 bits per heavy atom. The quantitative estimate of drug-likeness (QED) is 0.287. The van der Waals surface area contributed by atoms with E-state index in [2.05, 4.69) is 64.2 Å². The number of rotatable bonds is 8. The summed E-state index contributed by atoms with van der Waals surface area (Å²) in [5, 5.41) is 17.1. The summed E-state index contributed by atoms with van der Waals surface area (Å²) in [6.07, 6.45) is 0. The fourth-order valence-electron chi connectivity index (χ4n) is 3.17. The van der Waals surface area contributed by atoms with Crippen molar-refractivity contribution >= 4 is 45.5 Å². The molecule has 6 nitrogen and oxygen atoms in total. The van der Waals surface area contributed by atoms with Crippen molar-refractivity contribution < 1.29 is 4.79 Å². The van der Waals surface area contributed by atoms with Crippen molar-refractivity contribution in [3.63, 3.8) is 0 Å². The number of thiazole rings is 1. The second kappa shape index (κ2) is 9.97. The van der Waals surface area contributed by atoms with E-state index in [1.54, 1.807) is 11.3 Å². The first kappa shape index (κ1) is 22.7. The zero-order valence-electron chi connectivity index (χ0n) is 18.4. The van der Waals surface area contributed by atoms with Gasteiger partial charge in [-0.25, -0.2) is 4.98 Å². The van der Waals surface area contributed by atoms with Crippen molar-refractivity contribution in [2.75, 3.05) is 11.1 Å². The number of thioether (sulfide) groups is 1. The van der Waals surface area contributed by atoms with Gasteiger partial charge in [-0.3, -0.25) is 9.36 Å². The molecule has 1 N–H and O–H groups in total. The molecule has 1 amide bonds. The number of hydrogen-bond donors (Lipinski definition) is 1. The van der Waals surface area contributed by atoms with Gasteiger partial charge in [0.15, 0.2) is 16.1 Å². The Balaban J connectivity index is 1.43. The lowest BCUT2D eigenvalue weighted by molar-refractivity contribution is -0.113. The molecular weight excluding hydrogens is 458 g/mol. The van der Waals surface area contributed by atoms with Crippen LogP contribution in [0.2, 0.25) is 0 Å². The normalized spacial score (nSPS) is 11.4. The van der Waals surface area contributed by atoms with E-state index in [0.717, 1.165) is 27.8 Å². The first-order valence-corrected chi connectivity index (χ1v) is 13.1. The highest BCUT2D eigenvalue weighted by Crippen LogP contribution is 2.33. The van der Waals surface area contributed by atoms with Gasteiger partial charge in [-0.2, -0.15) is 0 Å². The van der Waals surface area contributed by atoms with Gasteiger partial charge < -0.3 is 5.32 Å². The summed E-state index contributed by atoms with van der Waals surface area (Å²) in [5.74, 6) is 1.46. The molecule has 32 heavy (non-hydrogen) atoms. The van der Waals surface area contributed by atoms with Crippen molar-refractivity contribution in [2.45, 2.75) is 44.8 Å². The number of benzene rings is 1. The molecule has 3 heterocycles. The molecule has 0 aliphatic rings. The molecule has 0 aliphatic heterocycles. The lowest BCUT2D eigenvalue weighted by Gasteiger charge is -2.13. The number of thiophene rings is 1. The second-order valence-electron chi connectivity index (χ2n) is 7.90. The van der Waals surface area contributed by atoms with E-state index in [9.17, 15) is 4.79 Å².